The highest BCUT2D eigenvalue weighted by molar-refractivity contribution is 5.98. The minimum absolute atomic E-state index is 0.00284. The van der Waals surface area contributed by atoms with Gasteiger partial charge in [0.2, 0.25) is 5.91 Å². The van der Waals surface area contributed by atoms with E-state index in [0.717, 1.165) is 24.2 Å². The van der Waals surface area contributed by atoms with Gasteiger partial charge in [0, 0.05) is 17.7 Å². The van der Waals surface area contributed by atoms with Crippen molar-refractivity contribution in [2.75, 3.05) is 11.9 Å². The van der Waals surface area contributed by atoms with Crippen molar-refractivity contribution in [1.29, 1.82) is 0 Å². The maximum atomic E-state index is 13.0. The molecule has 0 aliphatic carbocycles. The molecule has 0 saturated carbocycles. The van der Waals surface area contributed by atoms with E-state index in [1.54, 1.807) is 72.8 Å². The smallest absolute Gasteiger partial charge is 0.343 e. The number of carbonyl (C=O) groups is 4. The summed E-state index contributed by atoms with van der Waals surface area (Å²) < 4.78 is 17.1. The van der Waals surface area contributed by atoms with Crippen LogP contribution in [0.5, 0.6) is 23.0 Å². The highest BCUT2D eigenvalue weighted by Crippen LogP contribution is 2.22. The first-order chi connectivity index (χ1) is 26.2. The van der Waals surface area contributed by atoms with Gasteiger partial charge in [-0.3, -0.25) is 9.59 Å². The van der Waals surface area contributed by atoms with Crippen molar-refractivity contribution in [3.8, 4) is 23.0 Å². The van der Waals surface area contributed by atoms with Gasteiger partial charge in [-0.05, 0) is 102 Å². The summed E-state index contributed by atoms with van der Waals surface area (Å²) >= 11 is 0. The number of hydrogen-bond acceptors (Lipinski definition) is 7. The van der Waals surface area contributed by atoms with Crippen molar-refractivity contribution < 1.29 is 38.5 Å². The summed E-state index contributed by atoms with van der Waals surface area (Å²) in [6, 6.07) is 34.8. The molecule has 5 aromatic carbocycles. The average Bonchev–Trinajstić information content (AvgIpc) is 3.18. The Morgan fingerprint density at radius 3 is 1.89 bits per heavy atom. The van der Waals surface area contributed by atoms with Gasteiger partial charge < -0.3 is 30.0 Å². The molecular weight excluding hydrogens is 684 g/mol. The van der Waals surface area contributed by atoms with Crippen LogP contribution in [0.4, 0.5) is 5.69 Å². The van der Waals surface area contributed by atoms with Crippen LogP contribution in [0.25, 0.3) is 0 Å². The number of amides is 2. The van der Waals surface area contributed by atoms with Crippen molar-refractivity contribution in [2.45, 2.75) is 57.9 Å². The normalized spacial score (nSPS) is 11.2. The number of anilines is 1. The lowest BCUT2D eigenvalue weighted by Crippen LogP contribution is -2.42. The van der Waals surface area contributed by atoms with Crippen LogP contribution in [-0.4, -0.2) is 41.5 Å². The SMILES string of the molecule is CCCCCCCOc1ccc(C(=O)Oc2ccc(C[C@H](NC(=O)c3ccc(NC(=O)Cc4ccc(Oc5ccccc5)cc4)cc3)C(=O)O)cc2)cc1. The molecule has 0 aliphatic heterocycles. The number of benzene rings is 5. The maximum Gasteiger partial charge on any atom is 0.343 e. The molecular formula is C44H44N2O8. The Labute approximate surface area is 315 Å². The second-order valence-corrected chi connectivity index (χ2v) is 12.8. The monoisotopic (exact) mass is 728 g/mol. The molecule has 0 radical (unpaired) electrons. The van der Waals surface area contributed by atoms with Crippen molar-refractivity contribution in [3.63, 3.8) is 0 Å². The second kappa shape index (κ2) is 20.0. The molecule has 10 nitrogen and oxygen atoms in total. The van der Waals surface area contributed by atoms with Crippen LogP contribution >= 0.6 is 0 Å². The van der Waals surface area contributed by atoms with Gasteiger partial charge in [-0.15, -0.1) is 0 Å². The van der Waals surface area contributed by atoms with Gasteiger partial charge in [0.1, 0.15) is 29.0 Å². The van der Waals surface area contributed by atoms with Crippen LogP contribution in [0.1, 0.15) is 70.9 Å². The summed E-state index contributed by atoms with van der Waals surface area (Å²) in [7, 11) is 0. The Morgan fingerprint density at radius 2 is 1.22 bits per heavy atom. The predicted octanol–water partition coefficient (Wildman–Crippen LogP) is 8.65. The van der Waals surface area contributed by atoms with Gasteiger partial charge in [-0.2, -0.15) is 0 Å². The summed E-state index contributed by atoms with van der Waals surface area (Å²) in [5, 5.41) is 15.2. The van der Waals surface area contributed by atoms with Crippen molar-refractivity contribution in [2.24, 2.45) is 0 Å². The summed E-state index contributed by atoms with van der Waals surface area (Å²) in [5.41, 5.74) is 2.52. The molecule has 0 aromatic heterocycles. The van der Waals surface area contributed by atoms with Gasteiger partial charge >= 0.3 is 11.9 Å². The third-order valence-corrected chi connectivity index (χ3v) is 8.48. The van der Waals surface area contributed by atoms with E-state index in [1.165, 1.54) is 31.4 Å². The molecule has 0 fully saturated rings. The fourth-order valence-corrected chi connectivity index (χ4v) is 5.52. The zero-order valence-electron chi connectivity index (χ0n) is 30.2. The first kappa shape index (κ1) is 38.8. The Kier molecular flexibility index (Phi) is 14.4. The zero-order valence-corrected chi connectivity index (χ0v) is 30.2. The van der Waals surface area contributed by atoms with Gasteiger partial charge in [-0.1, -0.05) is 75.1 Å². The van der Waals surface area contributed by atoms with Crippen LogP contribution < -0.4 is 24.8 Å². The van der Waals surface area contributed by atoms with E-state index in [4.69, 9.17) is 14.2 Å². The lowest BCUT2D eigenvalue weighted by Gasteiger charge is -2.15. The van der Waals surface area contributed by atoms with Crippen LogP contribution in [-0.2, 0) is 22.4 Å². The van der Waals surface area contributed by atoms with Crippen molar-refractivity contribution >= 4 is 29.4 Å². The molecule has 0 aliphatic rings. The average molecular weight is 729 g/mol. The maximum absolute atomic E-state index is 13.0. The molecule has 0 saturated heterocycles. The highest BCUT2D eigenvalue weighted by atomic mass is 16.5. The van der Waals surface area contributed by atoms with E-state index in [2.05, 4.69) is 17.6 Å². The third kappa shape index (κ3) is 12.4. The molecule has 0 unspecified atom stereocenters. The van der Waals surface area contributed by atoms with E-state index in [-0.39, 0.29) is 24.3 Å². The number of hydrogen-bond donors (Lipinski definition) is 3. The van der Waals surface area contributed by atoms with E-state index < -0.39 is 23.9 Å². The summed E-state index contributed by atoms with van der Waals surface area (Å²) in [6.45, 7) is 2.81. The molecule has 10 heteroatoms. The standard InChI is InChI=1S/C44H44N2O8/c1-2-3-4-5-9-28-52-36-26-18-34(19-27-36)44(51)54-39-24-12-31(13-25-39)29-40(43(49)50)46-42(48)33-16-20-35(21-17-33)45-41(47)30-32-14-22-38(23-15-32)53-37-10-7-6-8-11-37/h6-8,10-27,40H,2-5,9,28-30H2,1H3,(H,45,47)(H,46,48)(H,49,50)/t40-/m0/s1. The lowest BCUT2D eigenvalue weighted by molar-refractivity contribution is -0.139. The molecule has 54 heavy (non-hydrogen) atoms. The second-order valence-electron chi connectivity index (χ2n) is 12.8. The van der Waals surface area contributed by atoms with Gasteiger partial charge in [0.25, 0.3) is 5.91 Å². The van der Waals surface area contributed by atoms with E-state index in [1.807, 2.05) is 42.5 Å². The molecule has 3 N–H and O–H groups in total. The minimum atomic E-state index is -1.22. The summed E-state index contributed by atoms with van der Waals surface area (Å²) in [5.74, 6) is -0.181. The first-order valence-corrected chi connectivity index (χ1v) is 18.0. The van der Waals surface area contributed by atoms with E-state index in [0.29, 0.717) is 40.7 Å². The number of rotatable bonds is 19. The fraction of sp³-hybridized carbons (Fsp3) is 0.227. The number of para-hydroxylation sites is 1. The number of carboxylic acid groups (broad SMARTS) is 1. The predicted molar refractivity (Wildman–Crippen MR) is 206 cm³/mol. The Morgan fingerprint density at radius 1 is 0.630 bits per heavy atom. The molecule has 1 atom stereocenters. The number of ether oxygens (including phenoxy) is 3. The van der Waals surface area contributed by atoms with Gasteiger partial charge in [0.15, 0.2) is 0 Å². The molecule has 0 bridgehead atoms. The first-order valence-electron chi connectivity index (χ1n) is 18.0. The number of unbranched alkanes of at least 4 members (excludes halogenated alkanes) is 4. The molecule has 5 aromatic rings. The Bertz CT molecular complexity index is 1960. The van der Waals surface area contributed by atoms with E-state index in [9.17, 15) is 24.3 Å². The number of carboxylic acids is 1. The van der Waals surface area contributed by atoms with Crippen molar-refractivity contribution in [1.82, 2.24) is 5.32 Å². The highest BCUT2D eigenvalue weighted by Gasteiger charge is 2.21. The van der Waals surface area contributed by atoms with Crippen LogP contribution in [0.3, 0.4) is 0 Å². The fourth-order valence-electron chi connectivity index (χ4n) is 5.52. The third-order valence-electron chi connectivity index (χ3n) is 8.48. The Balaban J connectivity index is 1.06. The minimum Gasteiger partial charge on any atom is -0.494 e. The van der Waals surface area contributed by atoms with Crippen LogP contribution in [0.15, 0.2) is 127 Å². The van der Waals surface area contributed by atoms with Crippen molar-refractivity contribution in [3.05, 3.63) is 150 Å². The van der Waals surface area contributed by atoms with Crippen LogP contribution in [0, 0.1) is 0 Å². The number of aliphatic carboxylic acids is 1. The molecule has 5 rings (SSSR count). The summed E-state index contributed by atoms with van der Waals surface area (Å²) in [4.78, 5) is 50.4. The molecule has 278 valence electrons. The largest absolute Gasteiger partial charge is 0.494 e. The van der Waals surface area contributed by atoms with Gasteiger partial charge in [0.05, 0.1) is 18.6 Å². The molecule has 2 amide bonds. The van der Waals surface area contributed by atoms with Gasteiger partial charge in [-0.25, -0.2) is 9.59 Å². The number of esters is 1. The quantitative estimate of drug-likeness (QED) is 0.0436. The van der Waals surface area contributed by atoms with E-state index >= 15 is 0 Å². The van der Waals surface area contributed by atoms with Crippen LogP contribution in [0.2, 0.25) is 0 Å². The number of nitrogens with one attached hydrogen (secondary N) is 2. The lowest BCUT2D eigenvalue weighted by atomic mass is 10.0. The molecule has 0 heterocycles. The molecule has 0 spiro atoms. The zero-order chi connectivity index (χ0) is 38.1. The number of carbonyl (C=O) groups excluding carboxylic acids is 3. The Hall–Kier alpha value is -6.42. The summed E-state index contributed by atoms with van der Waals surface area (Å²) in [6.07, 6.45) is 5.89. The topological polar surface area (TPSA) is 140 Å².